The van der Waals surface area contributed by atoms with E-state index in [1.807, 2.05) is 60.7 Å². The normalized spacial score (nSPS) is 11.7. The summed E-state index contributed by atoms with van der Waals surface area (Å²) in [6.07, 6.45) is 3.95. The number of rotatable bonds is 5. The highest BCUT2D eigenvalue weighted by Crippen LogP contribution is 2.21. The number of amides is 1. The first kappa shape index (κ1) is 14.9. The zero-order chi connectivity index (χ0) is 15.9. The van der Waals surface area contributed by atoms with Crippen LogP contribution in [0.25, 0.3) is 0 Å². The summed E-state index contributed by atoms with van der Waals surface area (Å²) in [6, 6.07) is 20.9. The van der Waals surface area contributed by atoms with Gasteiger partial charge in [-0.2, -0.15) is 0 Å². The zero-order valence-corrected chi connectivity index (χ0v) is 12.6. The molecule has 0 aliphatic carbocycles. The Balaban J connectivity index is 1.84. The van der Waals surface area contributed by atoms with Crippen LogP contribution >= 0.6 is 0 Å². The Morgan fingerprint density at radius 1 is 0.870 bits per heavy atom. The number of hydrogen-bond donors (Lipinski definition) is 1. The van der Waals surface area contributed by atoms with E-state index >= 15 is 0 Å². The maximum atomic E-state index is 12.7. The van der Waals surface area contributed by atoms with Gasteiger partial charge in [-0.05, 0) is 29.8 Å². The highest BCUT2D eigenvalue weighted by atomic mass is 16.1. The number of anilines is 1. The van der Waals surface area contributed by atoms with Crippen LogP contribution in [-0.2, 0) is 11.2 Å². The van der Waals surface area contributed by atoms with E-state index in [1.165, 1.54) is 0 Å². The summed E-state index contributed by atoms with van der Waals surface area (Å²) in [5.74, 6) is 0.160. The predicted octanol–water partition coefficient (Wildman–Crippen LogP) is 3.44. The van der Waals surface area contributed by atoms with Crippen LogP contribution in [0.1, 0.15) is 17.2 Å². The molecular weight excluding hydrogens is 286 g/mol. The van der Waals surface area contributed by atoms with Crippen LogP contribution in [0.4, 0.5) is 5.82 Å². The molecule has 0 bridgehead atoms. The van der Waals surface area contributed by atoms with E-state index in [0.29, 0.717) is 12.2 Å². The highest BCUT2D eigenvalue weighted by Gasteiger charge is 2.22. The molecule has 1 unspecified atom stereocenters. The van der Waals surface area contributed by atoms with Gasteiger partial charge in [-0.15, -0.1) is 0 Å². The lowest BCUT2D eigenvalue weighted by Gasteiger charge is -2.16. The molecule has 4 nitrogen and oxygen atoms in total. The van der Waals surface area contributed by atoms with Crippen molar-refractivity contribution in [3.05, 3.63) is 90.4 Å². The number of pyridine rings is 2. The van der Waals surface area contributed by atoms with Gasteiger partial charge >= 0.3 is 0 Å². The van der Waals surface area contributed by atoms with Gasteiger partial charge in [0.15, 0.2) is 0 Å². The fourth-order valence-corrected chi connectivity index (χ4v) is 2.43. The van der Waals surface area contributed by atoms with E-state index < -0.39 is 0 Å². The average Bonchev–Trinajstić information content (AvgIpc) is 2.62. The minimum absolute atomic E-state index is 0.0828. The maximum absolute atomic E-state index is 12.7. The van der Waals surface area contributed by atoms with Crippen molar-refractivity contribution >= 4 is 11.7 Å². The highest BCUT2D eigenvalue weighted by molar-refractivity contribution is 5.95. The van der Waals surface area contributed by atoms with Gasteiger partial charge in [0.05, 0.1) is 5.92 Å². The van der Waals surface area contributed by atoms with E-state index in [4.69, 9.17) is 0 Å². The topological polar surface area (TPSA) is 54.9 Å². The number of carbonyl (C=O) groups is 1. The molecule has 2 aromatic heterocycles. The van der Waals surface area contributed by atoms with Gasteiger partial charge < -0.3 is 5.32 Å². The summed E-state index contributed by atoms with van der Waals surface area (Å²) >= 11 is 0. The van der Waals surface area contributed by atoms with Gasteiger partial charge in [0.2, 0.25) is 5.91 Å². The van der Waals surface area contributed by atoms with Crippen LogP contribution in [0.2, 0.25) is 0 Å². The van der Waals surface area contributed by atoms with Gasteiger partial charge in [-0.1, -0.05) is 42.5 Å². The molecule has 0 saturated heterocycles. The summed E-state index contributed by atoms with van der Waals surface area (Å²) in [6.45, 7) is 0. The quantitative estimate of drug-likeness (QED) is 0.785. The van der Waals surface area contributed by atoms with Gasteiger partial charge in [-0.3, -0.25) is 9.78 Å². The number of nitrogens with zero attached hydrogens (tertiary/aromatic N) is 2. The molecule has 0 fully saturated rings. The Morgan fingerprint density at radius 3 is 2.22 bits per heavy atom. The third-order valence-corrected chi connectivity index (χ3v) is 3.57. The summed E-state index contributed by atoms with van der Waals surface area (Å²) in [4.78, 5) is 21.2. The summed E-state index contributed by atoms with van der Waals surface area (Å²) in [5.41, 5.74) is 1.85. The molecule has 1 aromatic carbocycles. The third kappa shape index (κ3) is 4.01. The van der Waals surface area contributed by atoms with Crippen molar-refractivity contribution in [2.45, 2.75) is 12.3 Å². The van der Waals surface area contributed by atoms with Crippen LogP contribution in [0, 0.1) is 0 Å². The van der Waals surface area contributed by atoms with Gasteiger partial charge in [0, 0.05) is 24.5 Å². The molecule has 0 aliphatic rings. The number of hydrogen-bond acceptors (Lipinski definition) is 3. The van der Waals surface area contributed by atoms with Crippen molar-refractivity contribution in [1.29, 1.82) is 0 Å². The summed E-state index contributed by atoms with van der Waals surface area (Å²) < 4.78 is 0. The average molecular weight is 303 g/mol. The van der Waals surface area contributed by atoms with E-state index in [0.717, 1.165) is 11.3 Å². The lowest BCUT2D eigenvalue weighted by Crippen LogP contribution is -2.23. The largest absolute Gasteiger partial charge is 0.310 e. The van der Waals surface area contributed by atoms with Crippen molar-refractivity contribution in [3.8, 4) is 0 Å². The van der Waals surface area contributed by atoms with Gasteiger partial charge in [0.25, 0.3) is 0 Å². The first-order valence-electron chi connectivity index (χ1n) is 7.49. The van der Waals surface area contributed by atoms with E-state index in [9.17, 15) is 4.79 Å². The molecule has 3 rings (SSSR count). The van der Waals surface area contributed by atoms with Crippen LogP contribution in [-0.4, -0.2) is 15.9 Å². The standard InChI is InChI=1S/C19H17N3O/c23-19(22-18-11-5-7-13-21-18)17(15-8-2-1-3-9-15)14-16-10-4-6-12-20-16/h1-13,17H,14H2,(H,21,22,23). The number of carbonyl (C=O) groups excluding carboxylic acids is 1. The molecule has 2 heterocycles. The zero-order valence-electron chi connectivity index (χ0n) is 12.6. The Bertz CT molecular complexity index is 745. The Hall–Kier alpha value is -3.01. The second kappa shape index (κ2) is 7.31. The van der Waals surface area contributed by atoms with Crippen LogP contribution < -0.4 is 5.32 Å². The molecule has 23 heavy (non-hydrogen) atoms. The fourth-order valence-electron chi connectivity index (χ4n) is 2.43. The lowest BCUT2D eigenvalue weighted by molar-refractivity contribution is -0.117. The molecule has 0 aliphatic heterocycles. The first-order valence-corrected chi connectivity index (χ1v) is 7.49. The molecule has 1 amide bonds. The molecule has 4 heteroatoms. The number of aromatic nitrogens is 2. The minimum Gasteiger partial charge on any atom is -0.310 e. The van der Waals surface area contributed by atoms with Crippen molar-refractivity contribution in [3.63, 3.8) is 0 Å². The Morgan fingerprint density at radius 2 is 1.57 bits per heavy atom. The Labute approximate surface area is 135 Å². The minimum atomic E-state index is -0.312. The smallest absolute Gasteiger partial charge is 0.233 e. The number of benzene rings is 1. The second-order valence-corrected chi connectivity index (χ2v) is 5.19. The molecule has 1 N–H and O–H groups in total. The van der Waals surface area contributed by atoms with Gasteiger partial charge in [0.1, 0.15) is 5.82 Å². The van der Waals surface area contributed by atoms with E-state index in [2.05, 4.69) is 15.3 Å². The molecule has 0 spiro atoms. The van der Waals surface area contributed by atoms with Crippen molar-refractivity contribution in [1.82, 2.24) is 9.97 Å². The fraction of sp³-hybridized carbons (Fsp3) is 0.105. The van der Waals surface area contributed by atoms with Crippen molar-refractivity contribution in [2.24, 2.45) is 0 Å². The van der Waals surface area contributed by atoms with Crippen molar-refractivity contribution in [2.75, 3.05) is 5.32 Å². The second-order valence-electron chi connectivity index (χ2n) is 5.19. The van der Waals surface area contributed by atoms with Crippen LogP contribution in [0.15, 0.2) is 79.1 Å². The summed E-state index contributed by atoms with van der Waals surface area (Å²) in [7, 11) is 0. The molecule has 0 radical (unpaired) electrons. The van der Waals surface area contributed by atoms with E-state index in [1.54, 1.807) is 18.5 Å². The molecule has 114 valence electrons. The Kier molecular flexibility index (Phi) is 4.74. The molecular formula is C19H17N3O. The van der Waals surface area contributed by atoms with Crippen LogP contribution in [0.3, 0.4) is 0 Å². The molecule has 1 atom stereocenters. The SMILES string of the molecule is O=C(Nc1ccccn1)C(Cc1ccccn1)c1ccccc1. The van der Waals surface area contributed by atoms with E-state index in [-0.39, 0.29) is 11.8 Å². The monoisotopic (exact) mass is 303 g/mol. The third-order valence-electron chi connectivity index (χ3n) is 3.57. The lowest BCUT2D eigenvalue weighted by atomic mass is 9.93. The van der Waals surface area contributed by atoms with Gasteiger partial charge in [-0.25, -0.2) is 4.98 Å². The molecule has 0 saturated carbocycles. The number of nitrogens with one attached hydrogen (secondary N) is 1. The first-order chi connectivity index (χ1) is 11.3. The maximum Gasteiger partial charge on any atom is 0.233 e. The summed E-state index contributed by atoms with van der Waals surface area (Å²) in [5, 5.41) is 2.88. The van der Waals surface area contributed by atoms with Crippen LogP contribution in [0.5, 0.6) is 0 Å². The van der Waals surface area contributed by atoms with Crippen molar-refractivity contribution < 1.29 is 4.79 Å². The molecule has 3 aromatic rings. The predicted molar refractivity (Wildman–Crippen MR) is 90.0 cm³/mol.